The Morgan fingerprint density at radius 3 is 2.75 bits per heavy atom. The average molecular weight is 293 g/mol. The summed E-state index contributed by atoms with van der Waals surface area (Å²) in [5.41, 5.74) is 0.929. The molecule has 0 amide bonds. The van der Waals surface area contributed by atoms with Gasteiger partial charge in [-0.15, -0.1) is 0 Å². The van der Waals surface area contributed by atoms with Gasteiger partial charge < -0.3 is 15.4 Å². The fourth-order valence-electron chi connectivity index (χ4n) is 1.61. The Morgan fingerprint density at radius 1 is 1.20 bits per heavy atom. The summed E-state index contributed by atoms with van der Waals surface area (Å²) in [6.07, 6.45) is 2.62. The van der Waals surface area contributed by atoms with E-state index in [1.54, 1.807) is 13.3 Å². The molecule has 20 heavy (non-hydrogen) atoms. The monoisotopic (exact) mass is 292 g/mol. The number of aromatic nitrogens is 2. The summed E-state index contributed by atoms with van der Waals surface area (Å²) < 4.78 is 4.99. The van der Waals surface area contributed by atoms with Crippen LogP contribution in [-0.2, 0) is 4.74 Å². The SMILES string of the molecule is COCCCNc1nccc(Nc2ccc(Cl)cc2)n1. The van der Waals surface area contributed by atoms with Gasteiger partial charge in [-0.25, -0.2) is 4.98 Å². The number of hydrogen-bond acceptors (Lipinski definition) is 5. The van der Waals surface area contributed by atoms with Gasteiger partial charge in [-0.3, -0.25) is 0 Å². The van der Waals surface area contributed by atoms with Crippen molar-refractivity contribution in [2.24, 2.45) is 0 Å². The normalized spacial score (nSPS) is 10.3. The molecule has 5 nitrogen and oxygen atoms in total. The summed E-state index contributed by atoms with van der Waals surface area (Å²) in [7, 11) is 1.69. The van der Waals surface area contributed by atoms with Crippen molar-refractivity contribution < 1.29 is 4.74 Å². The minimum Gasteiger partial charge on any atom is -0.385 e. The highest BCUT2D eigenvalue weighted by molar-refractivity contribution is 6.30. The number of methoxy groups -OCH3 is 1. The van der Waals surface area contributed by atoms with E-state index in [4.69, 9.17) is 16.3 Å². The summed E-state index contributed by atoms with van der Waals surface area (Å²) in [4.78, 5) is 8.55. The van der Waals surface area contributed by atoms with Crippen LogP contribution in [0, 0.1) is 0 Å². The fraction of sp³-hybridized carbons (Fsp3) is 0.286. The van der Waals surface area contributed by atoms with Crippen LogP contribution in [0.5, 0.6) is 0 Å². The Bertz CT molecular complexity index is 533. The third-order valence-electron chi connectivity index (χ3n) is 2.58. The van der Waals surface area contributed by atoms with E-state index in [1.165, 1.54) is 0 Å². The molecular weight excluding hydrogens is 276 g/mol. The van der Waals surface area contributed by atoms with Gasteiger partial charge in [-0.2, -0.15) is 4.98 Å². The Balaban J connectivity index is 1.93. The van der Waals surface area contributed by atoms with Crippen LogP contribution in [0.25, 0.3) is 0 Å². The summed E-state index contributed by atoms with van der Waals surface area (Å²) in [5.74, 6) is 1.33. The zero-order valence-electron chi connectivity index (χ0n) is 11.3. The molecule has 0 aliphatic heterocycles. The van der Waals surface area contributed by atoms with E-state index >= 15 is 0 Å². The number of ether oxygens (including phenoxy) is 1. The van der Waals surface area contributed by atoms with Gasteiger partial charge in [0.2, 0.25) is 5.95 Å². The lowest BCUT2D eigenvalue weighted by Gasteiger charge is -2.08. The third-order valence-corrected chi connectivity index (χ3v) is 2.83. The van der Waals surface area contributed by atoms with E-state index in [2.05, 4.69) is 20.6 Å². The van der Waals surface area contributed by atoms with Crippen molar-refractivity contribution in [2.75, 3.05) is 30.9 Å². The molecule has 0 atom stereocenters. The Morgan fingerprint density at radius 2 is 2.00 bits per heavy atom. The van der Waals surface area contributed by atoms with Crippen LogP contribution in [0.4, 0.5) is 17.5 Å². The quantitative estimate of drug-likeness (QED) is 0.767. The van der Waals surface area contributed by atoms with Gasteiger partial charge in [0, 0.05) is 37.2 Å². The Hall–Kier alpha value is -1.85. The smallest absolute Gasteiger partial charge is 0.224 e. The predicted molar refractivity (Wildman–Crippen MR) is 81.7 cm³/mol. The van der Waals surface area contributed by atoms with E-state index in [0.29, 0.717) is 11.0 Å². The second-order valence-corrected chi connectivity index (χ2v) is 4.61. The lowest BCUT2D eigenvalue weighted by molar-refractivity contribution is 0.197. The first-order valence-corrected chi connectivity index (χ1v) is 6.74. The third kappa shape index (κ3) is 4.68. The lowest BCUT2D eigenvalue weighted by atomic mass is 10.3. The first-order chi connectivity index (χ1) is 9.78. The summed E-state index contributed by atoms with van der Waals surface area (Å²) in [6.45, 7) is 1.49. The van der Waals surface area contributed by atoms with Gasteiger partial charge in [0.1, 0.15) is 5.82 Å². The van der Waals surface area contributed by atoms with Gasteiger partial charge in [0.15, 0.2) is 0 Å². The standard InChI is InChI=1S/C14H17ClN4O/c1-20-10-2-8-16-14-17-9-7-13(19-14)18-12-5-3-11(15)4-6-12/h3-7,9H,2,8,10H2,1H3,(H2,16,17,18,19). The van der Waals surface area contributed by atoms with E-state index in [-0.39, 0.29) is 0 Å². The number of nitrogens with one attached hydrogen (secondary N) is 2. The zero-order valence-corrected chi connectivity index (χ0v) is 12.0. The van der Waals surface area contributed by atoms with Gasteiger partial charge in [-0.1, -0.05) is 11.6 Å². The molecule has 2 N–H and O–H groups in total. The largest absolute Gasteiger partial charge is 0.385 e. The number of benzene rings is 1. The zero-order chi connectivity index (χ0) is 14.2. The van der Waals surface area contributed by atoms with Crippen molar-refractivity contribution >= 4 is 29.1 Å². The highest BCUT2D eigenvalue weighted by Crippen LogP contribution is 2.17. The molecule has 106 valence electrons. The average Bonchev–Trinajstić information content (AvgIpc) is 2.47. The van der Waals surface area contributed by atoms with Crippen molar-refractivity contribution in [3.05, 3.63) is 41.6 Å². The minimum atomic E-state index is 0.597. The van der Waals surface area contributed by atoms with Crippen molar-refractivity contribution in [3.8, 4) is 0 Å². The maximum absolute atomic E-state index is 5.85. The Labute approximate surface area is 123 Å². The molecule has 0 spiro atoms. The van der Waals surface area contributed by atoms with Crippen LogP contribution in [0.2, 0.25) is 5.02 Å². The van der Waals surface area contributed by atoms with Gasteiger partial charge in [0.25, 0.3) is 0 Å². The van der Waals surface area contributed by atoms with Crippen molar-refractivity contribution in [1.82, 2.24) is 9.97 Å². The molecule has 0 radical (unpaired) electrons. The van der Waals surface area contributed by atoms with Crippen LogP contribution in [-0.4, -0.2) is 30.2 Å². The van der Waals surface area contributed by atoms with E-state index < -0.39 is 0 Å². The van der Waals surface area contributed by atoms with Crippen LogP contribution in [0.3, 0.4) is 0 Å². The molecular formula is C14H17ClN4O. The van der Waals surface area contributed by atoms with Crippen LogP contribution in [0.1, 0.15) is 6.42 Å². The topological polar surface area (TPSA) is 59.1 Å². The highest BCUT2D eigenvalue weighted by atomic mass is 35.5. The molecule has 6 heteroatoms. The number of anilines is 3. The molecule has 1 heterocycles. The fourth-order valence-corrected chi connectivity index (χ4v) is 1.74. The molecule has 0 bridgehead atoms. The molecule has 0 saturated heterocycles. The molecule has 0 aliphatic carbocycles. The van der Waals surface area contributed by atoms with Crippen molar-refractivity contribution in [1.29, 1.82) is 0 Å². The summed E-state index contributed by atoms with van der Waals surface area (Å²) in [5, 5.41) is 7.06. The van der Waals surface area contributed by atoms with Crippen molar-refractivity contribution in [2.45, 2.75) is 6.42 Å². The first kappa shape index (κ1) is 14.6. The van der Waals surface area contributed by atoms with Crippen LogP contribution >= 0.6 is 11.6 Å². The number of nitrogens with zero attached hydrogens (tertiary/aromatic N) is 2. The molecule has 0 unspecified atom stereocenters. The number of hydrogen-bond donors (Lipinski definition) is 2. The summed E-state index contributed by atoms with van der Waals surface area (Å²) in [6, 6.07) is 9.27. The number of rotatable bonds is 7. The van der Waals surface area contributed by atoms with E-state index in [1.807, 2.05) is 30.3 Å². The van der Waals surface area contributed by atoms with E-state index in [9.17, 15) is 0 Å². The van der Waals surface area contributed by atoms with Gasteiger partial charge in [0.05, 0.1) is 0 Å². The van der Waals surface area contributed by atoms with Crippen LogP contribution < -0.4 is 10.6 Å². The molecule has 1 aromatic carbocycles. The summed E-state index contributed by atoms with van der Waals surface area (Å²) >= 11 is 5.85. The second-order valence-electron chi connectivity index (χ2n) is 4.17. The van der Waals surface area contributed by atoms with Gasteiger partial charge in [-0.05, 0) is 36.8 Å². The first-order valence-electron chi connectivity index (χ1n) is 6.36. The predicted octanol–water partition coefficient (Wildman–Crippen LogP) is 3.32. The number of halogens is 1. The maximum Gasteiger partial charge on any atom is 0.224 e. The molecule has 0 saturated carbocycles. The minimum absolute atomic E-state index is 0.597. The molecule has 2 aromatic rings. The molecule has 0 aliphatic rings. The van der Waals surface area contributed by atoms with Gasteiger partial charge >= 0.3 is 0 Å². The maximum atomic E-state index is 5.85. The van der Waals surface area contributed by atoms with Crippen molar-refractivity contribution in [3.63, 3.8) is 0 Å². The molecule has 0 fully saturated rings. The molecule has 1 aromatic heterocycles. The molecule has 2 rings (SSSR count). The van der Waals surface area contributed by atoms with E-state index in [0.717, 1.165) is 31.1 Å². The Kier molecular flexibility index (Phi) is 5.58. The second kappa shape index (κ2) is 7.67. The van der Waals surface area contributed by atoms with Crippen LogP contribution in [0.15, 0.2) is 36.5 Å². The highest BCUT2D eigenvalue weighted by Gasteiger charge is 1.99. The lowest BCUT2D eigenvalue weighted by Crippen LogP contribution is -2.08.